The molecule has 0 radical (unpaired) electrons. The van der Waals surface area contributed by atoms with Gasteiger partial charge in [-0.2, -0.15) is 5.10 Å². The summed E-state index contributed by atoms with van der Waals surface area (Å²) in [6, 6.07) is 0.695. The summed E-state index contributed by atoms with van der Waals surface area (Å²) in [4.78, 5) is 22.1. The summed E-state index contributed by atoms with van der Waals surface area (Å²) < 4.78 is 0. The van der Waals surface area contributed by atoms with E-state index in [4.69, 9.17) is 5.11 Å². The number of aromatic nitrogens is 2. The van der Waals surface area contributed by atoms with Crippen molar-refractivity contribution in [2.45, 2.75) is 32.7 Å². The molecule has 1 aromatic rings. The summed E-state index contributed by atoms with van der Waals surface area (Å²) in [5.74, 6) is -1.32. The number of nitrogens with one attached hydrogen (secondary N) is 2. The van der Waals surface area contributed by atoms with Crippen molar-refractivity contribution in [3.63, 3.8) is 0 Å². The molecule has 0 unspecified atom stereocenters. The molecule has 6 nitrogen and oxygen atoms in total. The van der Waals surface area contributed by atoms with Gasteiger partial charge < -0.3 is 10.4 Å². The quantitative estimate of drug-likeness (QED) is 0.704. The van der Waals surface area contributed by atoms with Gasteiger partial charge in [-0.15, -0.1) is 0 Å². The molecule has 1 rings (SSSR count). The van der Waals surface area contributed by atoms with Crippen LogP contribution in [0.3, 0.4) is 0 Å². The summed E-state index contributed by atoms with van der Waals surface area (Å²) in [5, 5.41) is 17.5. The molecule has 3 N–H and O–H groups in total. The van der Waals surface area contributed by atoms with Crippen molar-refractivity contribution in [2.75, 3.05) is 0 Å². The highest BCUT2D eigenvalue weighted by Gasteiger charge is 2.17. The van der Waals surface area contributed by atoms with Gasteiger partial charge in [0, 0.05) is 5.69 Å². The number of hydrogen-bond donors (Lipinski definition) is 3. The van der Waals surface area contributed by atoms with Crippen molar-refractivity contribution < 1.29 is 14.7 Å². The Morgan fingerprint density at radius 1 is 1.44 bits per heavy atom. The van der Waals surface area contributed by atoms with E-state index in [1.807, 2.05) is 13.8 Å². The largest absolute Gasteiger partial charge is 0.480 e. The lowest BCUT2D eigenvalue weighted by molar-refractivity contribution is -0.138. The highest BCUT2D eigenvalue weighted by atomic mass is 16.4. The lowest BCUT2D eigenvalue weighted by Crippen LogP contribution is -2.38. The molecule has 1 amide bonds. The average Bonchev–Trinajstić information content (AvgIpc) is 2.65. The molecule has 0 aliphatic carbocycles. The maximum Gasteiger partial charge on any atom is 0.325 e. The summed E-state index contributed by atoms with van der Waals surface area (Å²) in [7, 11) is 0. The topological polar surface area (TPSA) is 95.1 Å². The van der Waals surface area contributed by atoms with Crippen LogP contribution in [0.2, 0.25) is 0 Å². The summed E-state index contributed by atoms with van der Waals surface area (Å²) in [5.41, 5.74) is 1.05. The van der Waals surface area contributed by atoms with Gasteiger partial charge in [-0.05, 0) is 18.9 Å². The zero-order valence-electron chi connectivity index (χ0n) is 9.44. The molecule has 0 saturated carbocycles. The van der Waals surface area contributed by atoms with Gasteiger partial charge >= 0.3 is 5.97 Å². The molecule has 6 heteroatoms. The Bertz CT molecular complexity index is 398. The molecule has 88 valence electrons. The number of rotatable bonds is 4. The predicted octanol–water partition coefficient (Wildman–Crippen LogP) is 0.736. The fourth-order valence-corrected chi connectivity index (χ4v) is 1.08. The zero-order valence-corrected chi connectivity index (χ0v) is 9.44. The van der Waals surface area contributed by atoms with E-state index in [0.717, 1.165) is 5.69 Å². The normalized spacial score (nSPS) is 12.5. The third-order valence-corrected chi connectivity index (χ3v) is 2.17. The first-order valence-corrected chi connectivity index (χ1v) is 5.00. The van der Waals surface area contributed by atoms with Gasteiger partial charge in [-0.3, -0.25) is 14.7 Å². The Morgan fingerprint density at radius 2 is 2.06 bits per heavy atom. The van der Waals surface area contributed by atoms with E-state index in [2.05, 4.69) is 15.5 Å². The van der Waals surface area contributed by atoms with Crippen LogP contribution in [0.25, 0.3) is 0 Å². The number of aromatic amines is 1. The van der Waals surface area contributed by atoms with Crippen LogP contribution in [0.15, 0.2) is 6.07 Å². The number of carboxylic acid groups (broad SMARTS) is 1. The fraction of sp³-hybridized carbons (Fsp3) is 0.500. The monoisotopic (exact) mass is 225 g/mol. The Labute approximate surface area is 93.1 Å². The maximum atomic E-state index is 11.5. The highest BCUT2D eigenvalue weighted by molar-refractivity contribution is 5.94. The van der Waals surface area contributed by atoms with Gasteiger partial charge in [0.05, 0.1) is 0 Å². The van der Waals surface area contributed by atoms with Gasteiger partial charge in [0.25, 0.3) is 5.91 Å². The summed E-state index contributed by atoms with van der Waals surface area (Å²) in [6.07, 6.45) is 0. The van der Waals surface area contributed by atoms with E-state index in [-0.39, 0.29) is 11.6 Å². The summed E-state index contributed by atoms with van der Waals surface area (Å²) in [6.45, 7) is 5.33. The molecule has 0 saturated heterocycles. The molecule has 1 aromatic heterocycles. The lowest BCUT2D eigenvalue weighted by atomic mass is 10.1. The first-order valence-electron chi connectivity index (χ1n) is 5.00. The molecular weight excluding hydrogens is 210 g/mol. The number of H-pyrrole nitrogens is 1. The molecule has 16 heavy (non-hydrogen) atoms. The van der Waals surface area contributed by atoms with Crippen LogP contribution in [0.4, 0.5) is 0 Å². The van der Waals surface area contributed by atoms with Crippen LogP contribution in [-0.2, 0) is 4.79 Å². The number of carbonyl (C=O) groups excluding carboxylic acids is 1. The van der Waals surface area contributed by atoms with E-state index >= 15 is 0 Å². The Balaban J connectivity index is 2.70. The van der Waals surface area contributed by atoms with Crippen molar-refractivity contribution in [1.29, 1.82) is 0 Å². The highest BCUT2D eigenvalue weighted by Crippen LogP contribution is 2.11. The maximum absolute atomic E-state index is 11.5. The molecule has 0 aliphatic rings. The van der Waals surface area contributed by atoms with E-state index in [1.54, 1.807) is 6.07 Å². The second-order valence-electron chi connectivity index (χ2n) is 3.90. The van der Waals surface area contributed by atoms with E-state index in [0.29, 0.717) is 0 Å². The first-order chi connectivity index (χ1) is 7.41. The number of aliphatic carboxylic acids is 1. The van der Waals surface area contributed by atoms with Crippen LogP contribution < -0.4 is 5.32 Å². The number of nitrogens with zero attached hydrogens (tertiary/aromatic N) is 1. The van der Waals surface area contributed by atoms with Crippen molar-refractivity contribution in [1.82, 2.24) is 15.5 Å². The van der Waals surface area contributed by atoms with E-state index in [1.165, 1.54) is 6.92 Å². The Kier molecular flexibility index (Phi) is 3.65. The summed E-state index contributed by atoms with van der Waals surface area (Å²) >= 11 is 0. The third-order valence-electron chi connectivity index (χ3n) is 2.17. The number of carbonyl (C=O) groups is 2. The number of carboxylic acids is 1. The van der Waals surface area contributed by atoms with Crippen molar-refractivity contribution in [3.05, 3.63) is 17.5 Å². The second kappa shape index (κ2) is 4.78. The first kappa shape index (κ1) is 12.2. The van der Waals surface area contributed by atoms with E-state index < -0.39 is 17.9 Å². The van der Waals surface area contributed by atoms with Crippen molar-refractivity contribution in [2.24, 2.45) is 0 Å². The van der Waals surface area contributed by atoms with E-state index in [9.17, 15) is 9.59 Å². The molecule has 1 atom stereocenters. The zero-order chi connectivity index (χ0) is 12.3. The predicted molar refractivity (Wildman–Crippen MR) is 57.2 cm³/mol. The van der Waals surface area contributed by atoms with Crippen LogP contribution in [0, 0.1) is 0 Å². The second-order valence-corrected chi connectivity index (χ2v) is 3.90. The fourth-order valence-electron chi connectivity index (χ4n) is 1.08. The Hall–Kier alpha value is -1.85. The Morgan fingerprint density at radius 3 is 2.50 bits per heavy atom. The van der Waals surface area contributed by atoms with Crippen LogP contribution in [0.1, 0.15) is 42.9 Å². The molecule has 0 aromatic carbocycles. The van der Waals surface area contributed by atoms with Gasteiger partial charge in [-0.25, -0.2) is 0 Å². The lowest BCUT2D eigenvalue weighted by Gasteiger charge is -2.06. The number of amides is 1. The molecule has 0 bridgehead atoms. The van der Waals surface area contributed by atoms with Crippen molar-refractivity contribution >= 4 is 11.9 Å². The number of hydrogen-bond acceptors (Lipinski definition) is 3. The third kappa shape index (κ3) is 2.82. The molecule has 0 fully saturated rings. The van der Waals surface area contributed by atoms with Gasteiger partial charge in [-0.1, -0.05) is 13.8 Å². The minimum atomic E-state index is -1.08. The molecule has 0 aliphatic heterocycles. The van der Waals surface area contributed by atoms with Crippen molar-refractivity contribution in [3.8, 4) is 0 Å². The molecule has 0 spiro atoms. The van der Waals surface area contributed by atoms with Gasteiger partial charge in [0.15, 0.2) is 0 Å². The van der Waals surface area contributed by atoms with Crippen LogP contribution in [-0.4, -0.2) is 33.2 Å². The van der Waals surface area contributed by atoms with Crippen LogP contribution in [0.5, 0.6) is 0 Å². The molecular formula is C10H15N3O3. The average molecular weight is 225 g/mol. The minimum absolute atomic E-state index is 0.205. The smallest absolute Gasteiger partial charge is 0.325 e. The molecule has 1 heterocycles. The standard InChI is InChI=1S/C10H15N3O3/c1-5(2)7-4-8(13-12-7)9(14)11-6(3)10(15)16/h4-6H,1-3H3,(H,11,14)(H,12,13)(H,15,16)/t6-/m0/s1. The van der Waals surface area contributed by atoms with Crippen LogP contribution >= 0.6 is 0 Å². The van der Waals surface area contributed by atoms with Gasteiger partial charge in [0.1, 0.15) is 11.7 Å². The van der Waals surface area contributed by atoms with Gasteiger partial charge in [0.2, 0.25) is 0 Å². The SMILES string of the molecule is CC(C)c1cc(C(=O)N[C@@H](C)C(=O)O)n[nH]1. The minimum Gasteiger partial charge on any atom is -0.480 e.